The molecule has 4 heterocycles. The maximum Gasteiger partial charge on any atom is 0.343 e. The van der Waals surface area contributed by atoms with E-state index >= 15 is 0 Å². The molecular formula is C24H20N2O5. The van der Waals surface area contributed by atoms with Crippen LogP contribution < -0.4 is 5.56 Å². The fourth-order valence-corrected chi connectivity index (χ4v) is 4.31. The summed E-state index contributed by atoms with van der Waals surface area (Å²) in [6.07, 6.45) is 0.114. The predicted octanol–water partition coefficient (Wildman–Crippen LogP) is 2.08. The molecule has 0 fully saturated rings. The number of benzene rings is 1. The maximum atomic E-state index is 13.2. The Morgan fingerprint density at radius 3 is 2.94 bits per heavy atom. The molecule has 31 heavy (non-hydrogen) atoms. The molecule has 0 unspecified atom stereocenters. The van der Waals surface area contributed by atoms with Gasteiger partial charge in [-0.25, -0.2) is 9.78 Å². The van der Waals surface area contributed by atoms with Crippen LogP contribution in [0.15, 0.2) is 35.1 Å². The molecule has 0 radical (unpaired) electrons. The third-order valence-corrected chi connectivity index (χ3v) is 5.99. The van der Waals surface area contributed by atoms with Crippen LogP contribution >= 0.6 is 0 Å². The molecule has 0 spiro atoms. The zero-order chi connectivity index (χ0) is 21.8. The third-order valence-electron chi connectivity index (χ3n) is 5.99. The number of hydrogen-bond donors (Lipinski definition) is 1. The van der Waals surface area contributed by atoms with Gasteiger partial charge in [0.2, 0.25) is 0 Å². The van der Waals surface area contributed by atoms with Gasteiger partial charge in [-0.2, -0.15) is 0 Å². The second-order valence-corrected chi connectivity index (χ2v) is 7.71. The molecule has 1 atom stereocenters. The lowest BCUT2D eigenvalue weighted by Gasteiger charge is -2.31. The SMILES string of the molecule is CC[C@@]1(O)C(=O)OCc2c1cc1n(c2=O)Cc2cc3c(C#CCOC)cccc3nc2-1. The van der Waals surface area contributed by atoms with Crippen LogP contribution in [0.4, 0.5) is 0 Å². The average Bonchev–Trinajstić information content (AvgIpc) is 3.13. The molecule has 2 aliphatic heterocycles. The number of nitrogens with zero attached hydrogens (tertiary/aromatic N) is 2. The van der Waals surface area contributed by atoms with Crippen LogP contribution in [0, 0.1) is 11.8 Å². The number of pyridine rings is 2. The predicted molar refractivity (Wildman–Crippen MR) is 113 cm³/mol. The Hall–Kier alpha value is -3.47. The van der Waals surface area contributed by atoms with Crippen LogP contribution in [0.2, 0.25) is 0 Å². The van der Waals surface area contributed by atoms with E-state index in [9.17, 15) is 14.7 Å². The molecule has 2 aromatic heterocycles. The highest BCUT2D eigenvalue weighted by molar-refractivity contribution is 5.89. The van der Waals surface area contributed by atoms with Gasteiger partial charge in [-0.3, -0.25) is 4.79 Å². The Kier molecular flexibility index (Phi) is 4.43. The van der Waals surface area contributed by atoms with E-state index in [1.807, 2.05) is 24.3 Å². The van der Waals surface area contributed by atoms with Crippen molar-refractivity contribution in [3.05, 3.63) is 62.9 Å². The van der Waals surface area contributed by atoms with Crippen molar-refractivity contribution in [2.24, 2.45) is 0 Å². The van der Waals surface area contributed by atoms with Gasteiger partial charge in [0, 0.05) is 29.2 Å². The van der Waals surface area contributed by atoms with Crippen LogP contribution in [-0.2, 0) is 33.0 Å². The quantitative estimate of drug-likeness (QED) is 0.398. The monoisotopic (exact) mass is 416 g/mol. The molecule has 1 N–H and O–H groups in total. The van der Waals surface area contributed by atoms with Crippen molar-refractivity contribution in [2.75, 3.05) is 13.7 Å². The van der Waals surface area contributed by atoms with Gasteiger partial charge in [-0.05, 0) is 30.7 Å². The highest BCUT2D eigenvalue weighted by atomic mass is 16.6. The summed E-state index contributed by atoms with van der Waals surface area (Å²) in [5.41, 5.74) is 2.29. The number of aromatic nitrogens is 2. The standard InChI is InChI=1S/C24H20N2O5/c1-3-24(29)18-11-20-21-15(12-26(20)22(27)17(18)13-31-23(24)28)10-16-14(7-5-9-30-2)6-4-8-19(16)25-21/h4,6,8,10-11,29H,3,9,12-13H2,1-2H3/t24-/m0/s1. The molecule has 7 nitrogen and oxygen atoms in total. The van der Waals surface area contributed by atoms with Gasteiger partial charge in [0.25, 0.3) is 5.56 Å². The zero-order valence-electron chi connectivity index (χ0n) is 17.2. The first-order chi connectivity index (χ1) is 15.0. The molecule has 2 aliphatic rings. The molecule has 0 bridgehead atoms. The summed E-state index contributed by atoms with van der Waals surface area (Å²) in [5, 5.41) is 11.8. The Bertz CT molecular complexity index is 1380. The van der Waals surface area contributed by atoms with E-state index < -0.39 is 11.6 Å². The third kappa shape index (κ3) is 2.80. The van der Waals surface area contributed by atoms with E-state index in [-0.39, 0.29) is 18.6 Å². The molecular weight excluding hydrogens is 396 g/mol. The molecule has 0 aliphatic carbocycles. The largest absolute Gasteiger partial charge is 0.458 e. The van der Waals surface area contributed by atoms with Gasteiger partial charge in [0.1, 0.15) is 13.2 Å². The lowest BCUT2D eigenvalue weighted by atomic mass is 9.86. The van der Waals surface area contributed by atoms with Gasteiger partial charge in [-0.1, -0.05) is 24.8 Å². The number of carbonyl (C=O) groups excluding carboxylic acids is 1. The van der Waals surface area contributed by atoms with Gasteiger partial charge in [0.05, 0.1) is 29.0 Å². The fourth-order valence-electron chi connectivity index (χ4n) is 4.31. The second kappa shape index (κ2) is 7.05. The minimum Gasteiger partial charge on any atom is -0.458 e. The molecule has 0 amide bonds. The first-order valence-electron chi connectivity index (χ1n) is 10.1. The lowest BCUT2D eigenvalue weighted by Crippen LogP contribution is -2.44. The Labute approximate surface area is 178 Å². The number of hydrogen-bond acceptors (Lipinski definition) is 6. The molecule has 7 heteroatoms. The van der Waals surface area contributed by atoms with Crippen molar-refractivity contribution >= 4 is 16.9 Å². The maximum absolute atomic E-state index is 13.2. The Morgan fingerprint density at radius 1 is 1.32 bits per heavy atom. The van der Waals surface area contributed by atoms with E-state index in [0.717, 1.165) is 22.0 Å². The minimum atomic E-state index is -1.83. The van der Waals surface area contributed by atoms with E-state index in [1.54, 1.807) is 24.7 Å². The number of fused-ring (bicyclic) bond motifs is 5. The van der Waals surface area contributed by atoms with E-state index in [2.05, 4.69) is 11.8 Å². The highest BCUT2D eigenvalue weighted by Gasteiger charge is 2.45. The molecule has 5 rings (SSSR count). The number of carbonyl (C=O) groups is 1. The molecule has 156 valence electrons. The number of cyclic esters (lactones) is 1. The summed E-state index contributed by atoms with van der Waals surface area (Å²) in [7, 11) is 1.60. The molecule has 0 saturated heterocycles. The van der Waals surface area contributed by atoms with Crippen LogP contribution in [0.25, 0.3) is 22.3 Å². The topological polar surface area (TPSA) is 90.7 Å². The highest BCUT2D eigenvalue weighted by Crippen LogP contribution is 2.38. The lowest BCUT2D eigenvalue weighted by molar-refractivity contribution is -0.172. The van der Waals surface area contributed by atoms with Crippen LogP contribution in [0.5, 0.6) is 0 Å². The number of rotatable bonds is 2. The van der Waals surface area contributed by atoms with Crippen molar-refractivity contribution in [3.63, 3.8) is 0 Å². The van der Waals surface area contributed by atoms with Crippen LogP contribution in [-0.4, -0.2) is 34.3 Å². The average molecular weight is 416 g/mol. The van der Waals surface area contributed by atoms with Gasteiger partial charge in [0.15, 0.2) is 5.60 Å². The summed E-state index contributed by atoms with van der Waals surface area (Å²) in [6.45, 7) is 2.24. The number of ether oxygens (including phenoxy) is 2. The van der Waals surface area contributed by atoms with Crippen molar-refractivity contribution < 1.29 is 19.4 Å². The smallest absolute Gasteiger partial charge is 0.343 e. The van der Waals surface area contributed by atoms with Crippen molar-refractivity contribution in [3.8, 4) is 23.2 Å². The summed E-state index contributed by atoms with van der Waals surface area (Å²) in [5.74, 6) is 5.35. The first kappa shape index (κ1) is 19.5. The fraction of sp³-hybridized carbons (Fsp3) is 0.292. The van der Waals surface area contributed by atoms with Crippen molar-refractivity contribution in [1.29, 1.82) is 0 Å². The van der Waals surface area contributed by atoms with Crippen molar-refractivity contribution in [2.45, 2.75) is 32.1 Å². The van der Waals surface area contributed by atoms with Crippen molar-refractivity contribution in [1.82, 2.24) is 9.55 Å². The molecule has 3 aromatic rings. The number of esters is 1. The summed E-state index contributed by atoms with van der Waals surface area (Å²) in [4.78, 5) is 30.3. The zero-order valence-corrected chi connectivity index (χ0v) is 17.2. The second-order valence-electron chi connectivity index (χ2n) is 7.71. The van der Waals surface area contributed by atoms with E-state index in [1.165, 1.54) is 0 Å². The summed E-state index contributed by atoms with van der Waals surface area (Å²) >= 11 is 0. The van der Waals surface area contributed by atoms with Gasteiger partial charge < -0.3 is 19.1 Å². The summed E-state index contributed by atoms with van der Waals surface area (Å²) in [6, 6.07) is 9.44. The van der Waals surface area contributed by atoms with Gasteiger partial charge in [-0.15, -0.1) is 0 Å². The van der Waals surface area contributed by atoms with E-state index in [0.29, 0.717) is 35.7 Å². The van der Waals surface area contributed by atoms with Crippen LogP contribution in [0.1, 0.15) is 35.6 Å². The van der Waals surface area contributed by atoms with Gasteiger partial charge >= 0.3 is 5.97 Å². The number of aliphatic hydroxyl groups is 1. The molecule has 1 aromatic carbocycles. The van der Waals surface area contributed by atoms with Crippen LogP contribution in [0.3, 0.4) is 0 Å². The first-order valence-corrected chi connectivity index (χ1v) is 10.1. The normalized spacial score (nSPS) is 18.6. The Balaban J connectivity index is 1.72. The Morgan fingerprint density at radius 2 is 2.16 bits per heavy atom. The minimum absolute atomic E-state index is 0.114. The molecule has 0 saturated carbocycles. The number of methoxy groups -OCH3 is 1. The summed E-state index contributed by atoms with van der Waals surface area (Å²) < 4.78 is 11.7. The van der Waals surface area contributed by atoms with E-state index in [4.69, 9.17) is 14.5 Å².